The van der Waals surface area contributed by atoms with E-state index in [2.05, 4.69) is 42.9 Å². The van der Waals surface area contributed by atoms with E-state index in [1.54, 1.807) is 20.1 Å². The first-order valence-electron chi connectivity index (χ1n) is 10.0. The summed E-state index contributed by atoms with van der Waals surface area (Å²) >= 11 is 0. The van der Waals surface area contributed by atoms with Crippen LogP contribution in [0, 0.1) is 5.92 Å². The van der Waals surface area contributed by atoms with Gasteiger partial charge in [0.25, 0.3) is 0 Å². The quantitative estimate of drug-likeness (QED) is 0.430. The Morgan fingerprint density at radius 2 is 2.10 bits per heavy atom. The molecule has 1 aromatic heterocycles. The third-order valence-electron chi connectivity index (χ3n) is 4.77. The van der Waals surface area contributed by atoms with Crippen LogP contribution in [0.1, 0.15) is 19.7 Å². The predicted molar refractivity (Wildman–Crippen MR) is 112 cm³/mol. The molecule has 1 fully saturated rings. The van der Waals surface area contributed by atoms with Gasteiger partial charge in [-0.1, -0.05) is 24.3 Å². The molecule has 3 N–H and O–H groups in total. The van der Waals surface area contributed by atoms with E-state index in [0.717, 1.165) is 5.70 Å². The summed E-state index contributed by atoms with van der Waals surface area (Å²) in [7, 11) is 0. The maximum absolute atomic E-state index is 9.94. The van der Waals surface area contributed by atoms with Crippen LogP contribution in [0.15, 0.2) is 41.3 Å². The van der Waals surface area contributed by atoms with Gasteiger partial charge in [-0.15, -0.1) is 0 Å². The fourth-order valence-electron chi connectivity index (χ4n) is 3.25. The minimum Gasteiger partial charge on any atom is -0.460 e. The smallest absolute Gasteiger partial charge is 0.321 e. The molecule has 0 saturated carbocycles. The highest BCUT2D eigenvalue weighted by Gasteiger charge is 2.26. The Labute approximate surface area is 175 Å². The number of ether oxygens (including phenoxy) is 2. The molecule has 0 amide bonds. The average Bonchev–Trinajstić information content (AvgIpc) is 3.16. The van der Waals surface area contributed by atoms with Crippen molar-refractivity contribution in [1.29, 1.82) is 0 Å². The summed E-state index contributed by atoms with van der Waals surface area (Å²) in [6, 6.07) is 0.400. The fourth-order valence-corrected chi connectivity index (χ4v) is 3.25. The van der Waals surface area contributed by atoms with Gasteiger partial charge in [0.1, 0.15) is 6.61 Å². The summed E-state index contributed by atoms with van der Waals surface area (Å²) in [6.45, 7) is 5.99. The highest BCUT2D eigenvalue weighted by atomic mass is 16.5. The van der Waals surface area contributed by atoms with Gasteiger partial charge in [-0.3, -0.25) is 5.43 Å². The number of nitrogens with zero attached hydrogens (tertiary/aromatic N) is 5. The van der Waals surface area contributed by atoms with Crippen LogP contribution < -0.4 is 20.4 Å². The molecule has 1 saturated heterocycles. The Morgan fingerprint density at radius 3 is 2.90 bits per heavy atom. The first-order chi connectivity index (χ1) is 14.5. The first-order valence-corrected chi connectivity index (χ1v) is 10.0. The zero-order chi connectivity index (χ0) is 21.0. The SMILES string of the molecule is CC(C)(O)COc1nc(/C=N/NC2=CNC3C=CC=CC23)nc(N2CCOCC2)n1. The number of aromatic nitrogens is 3. The summed E-state index contributed by atoms with van der Waals surface area (Å²) < 4.78 is 11.0. The molecule has 1 aromatic rings. The lowest BCUT2D eigenvalue weighted by Gasteiger charge is -2.27. The second kappa shape index (κ2) is 8.80. The Morgan fingerprint density at radius 1 is 1.30 bits per heavy atom. The molecule has 30 heavy (non-hydrogen) atoms. The summed E-state index contributed by atoms with van der Waals surface area (Å²) in [5, 5.41) is 17.6. The number of fused-ring (bicyclic) bond motifs is 1. The second-order valence-corrected chi connectivity index (χ2v) is 7.93. The molecule has 2 atom stereocenters. The molecule has 10 nitrogen and oxygen atoms in total. The minimum absolute atomic E-state index is 0.0654. The summed E-state index contributed by atoms with van der Waals surface area (Å²) in [5.41, 5.74) is 3.04. The van der Waals surface area contributed by atoms with Crippen molar-refractivity contribution >= 4 is 12.2 Å². The van der Waals surface area contributed by atoms with E-state index in [9.17, 15) is 5.11 Å². The van der Waals surface area contributed by atoms with E-state index in [4.69, 9.17) is 9.47 Å². The molecular weight excluding hydrogens is 386 g/mol. The Balaban J connectivity index is 1.48. The molecule has 2 aliphatic heterocycles. The second-order valence-electron chi connectivity index (χ2n) is 7.93. The van der Waals surface area contributed by atoms with Gasteiger partial charge in [-0.05, 0) is 13.8 Å². The molecule has 0 radical (unpaired) electrons. The number of hydrogen-bond donors (Lipinski definition) is 3. The number of anilines is 1. The highest BCUT2D eigenvalue weighted by Crippen LogP contribution is 2.24. The van der Waals surface area contributed by atoms with Crippen molar-refractivity contribution in [3.05, 3.63) is 42.0 Å². The molecule has 3 aliphatic rings. The van der Waals surface area contributed by atoms with Gasteiger partial charge in [-0.2, -0.15) is 20.1 Å². The minimum atomic E-state index is -0.998. The number of hydrogen-bond acceptors (Lipinski definition) is 10. The summed E-state index contributed by atoms with van der Waals surface area (Å²) in [5.74, 6) is 1.09. The van der Waals surface area contributed by atoms with Gasteiger partial charge < -0.3 is 24.8 Å². The van der Waals surface area contributed by atoms with Gasteiger partial charge in [-0.25, -0.2) is 0 Å². The largest absolute Gasteiger partial charge is 0.460 e. The average molecular weight is 413 g/mol. The lowest BCUT2D eigenvalue weighted by atomic mass is 9.95. The summed E-state index contributed by atoms with van der Waals surface area (Å²) in [6.07, 6.45) is 11.8. The number of allylic oxidation sites excluding steroid dienone is 2. The predicted octanol–water partition coefficient (Wildman–Crippen LogP) is 0.337. The van der Waals surface area contributed by atoms with Crippen LogP contribution >= 0.6 is 0 Å². The van der Waals surface area contributed by atoms with Crippen molar-refractivity contribution in [3.63, 3.8) is 0 Å². The maximum Gasteiger partial charge on any atom is 0.321 e. The molecule has 0 bridgehead atoms. The topological polar surface area (TPSA) is 117 Å². The van der Waals surface area contributed by atoms with E-state index in [-0.39, 0.29) is 24.6 Å². The Kier molecular flexibility index (Phi) is 5.96. The Hall–Kier alpha value is -2.98. The van der Waals surface area contributed by atoms with Crippen LogP contribution in [-0.4, -0.2) is 70.8 Å². The van der Waals surface area contributed by atoms with Crippen LogP contribution in [0.4, 0.5) is 5.95 Å². The van der Waals surface area contributed by atoms with Crippen LogP contribution in [0.25, 0.3) is 0 Å². The normalized spacial score (nSPS) is 23.3. The van der Waals surface area contributed by atoms with Crippen LogP contribution in [0.2, 0.25) is 0 Å². The van der Waals surface area contributed by atoms with Crippen molar-refractivity contribution in [2.45, 2.75) is 25.5 Å². The van der Waals surface area contributed by atoms with E-state index < -0.39 is 5.60 Å². The molecule has 160 valence electrons. The third kappa shape index (κ3) is 5.14. The van der Waals surface area contributed by atoms with E-state index in [0.29, 0.717) is 38.1 Å². The summed E-state index contributed by atoms with van der Waals surface area (Å²) in [4.78, 5) is 15.2. The molecular formula is C20H27N7O3. The molecule has 1 aliphatic carbocycles. The number of morpholine rings is 1. The van der Waals surface area contributed by atoms with E-state index in [1.165, 1.54) is 0 Å². The standard InChI is InChI=1S/C20H27N7O3/c1-20(2,28)13-30-19-24-17(23-18(25-19)27-7-9-29-10-8-27)12-22-26-16-11-21-15-6-4-3-5-14(15)16/h3-6,11-12,14-15,21,26,28H,7-10,13H2,1-2H3/b22-12+. The van der Waals surface area contributed by atoms with Gasteiger partial charge in [0.05, 0.1) is 36.8 Å². The van der Waals surface area contributed by atoms with E-state index in [1.807, 2.05) is 23.3 Å². The zero-order valence-corrected chi connectivity index (χ0v) is 17.2. The molecule has 0 spiro atoms. The molecule has 3 heterocycles. The maximum atomic E-state index is 9.94. The molecule has 10 heteroatoms. The Bertz CT molecular complexity index is 870. The third-order valence-corrected chi connectivity index (χ3v) is 4.77. The zero-order valence-electron chi connectivity index (χ0n) is 17.2. The highest BCUT2D eigenvalue weighted by molar-refractivity contribution is 5.74. The van der Waals surface area contributed by atoms with Gasteiger partial charge in [0, 0.05) is 25.2 Å². The van der Waals surface area contributed by atoms with Crippen LogP contribution in [0.3, 0.4) is 0 Å². The van der Waals surface area contributed by atoms with Crippen molar-refractivity contribution in [3.8, 4) is 6.01 Å². The van der Waals surface area contributed by atoms with E-state index >= 15 is 0 Å². The van der Waals surface area contributed by atoms with Crippen molar-refractivity contribution in [2.75, 3.05) is 37.8 Å². The molecule has 2 unspecified atom stereocenters. The first kappa shape index (κ1) is 20.3. The van der Waals surface area contributed by atoms with Gasteiger partial charge >= 0.3 is 6.01 Å². The van der Waals surface area contributed by atoms with Crippen LogP contribution in [0.5, 0.6) is 6.01 Å². The van der Waals surface area contributed by atoms with Crippen LogP contribution in [-0.2, 0) is 4.74 Å². The lowest BCUT2D eigenvalue weighted by Crippen LogP contribution is -2.37. The molecule has 4 rings (SSSR count). The van der Waals surface area contributed by atoms with Crippen molar-refractivity contribution < 1.29 is 14.6 Å². The molecule has 0 aromatic carbocycles. The number of nitrogens with one attached hydrogen (secondary N) is 2. The fraction of sp³-hybridized carbons (Fsp3) is 0.500. The number of hydrazone groups is 1. The van der Waals surface area contributed by atoms with Crippen molar-refractivity contribution in [2.24, 2.45) is 11.0 Å². The van der Waals surface area contributed by atoms with Gasteiger partial charge in [0.2, 0.25) is 5.95 Å². The van der Waals surface area contributed by atoms with Gasteiger partial charge in [0.15, 0.2) is 5.82 Å². The number of rotatable bonds is 7. The van der Waals surface area contributed by atoms with Crippen molar-refractivity contribution in [1.82, 2.24) is 25.7 Å². The lowest BCUT2D eigenvalue weighted by molar-refractivity contribution is 0.0249. The monoisotopic (exact) mass is 413 g/mol. The number of aliphatic hydroxyl groups is 1.